The monoisotopic (exact) mass is 285 g/mol. The molecule has 0 aromatic rings. The van der Waals surface area contributed by atoms with Crippen LogP contribution in [0.3, 0.4) is 0 Å². The van der Waals surface area contributed by atoms with E-state index in [9.17, 15) is 9.59 Å². The van der Waals surface area contributed by atoms with E-state index in [1.165, 1.54) is 0 Å². The van der Waals surface area contributed by atoms with E-state index in [2.05, 4.69) is 0 Å². The Morgan fingerprint density at radius 2 is 2.15 bits per heavy atom. The van der Waals surface area contributed by atoms with Gasteiger partial charge in [-0.1, -0.05) is 0 Å². The molecule has 1 spiro atoms. The van der Waals surface area contributed by atoms with E-state index in [-0.39, 0.29) is 24.0 Å². The minimum absolute atomic E-state index is 0.0359. The first kappa shape index (κ1) is 15.1. The van der Waals surface area contributed by atoms with Crippen LogP contribution < -0.4 is 0 Å². The number of hydrogen-bond donors (Lipinski definition) is 1. The highest BCUT2D eigenvalue weighted by Crippen LogP contribution is 2.42. The fraction of sp³-hybridized carbons (Fsp3) is 0.857. The molecule has 2 aliphatic rings. The number of likely N-dealkylation sites (tertiary alicyclic amines) is 1. The predicted octanol–water partition coefficient (Wildman–Crippen LogP) is 1.88. The number of rotatable bonds is 2. The van der Waals surface area contributed by atoms with Crippen LogP contribution in [0.5, 0.6) is 0 Å². The van der Waals surface area contributed by atoms with E-state index >= 15 is 0 Å². The Labute approximate surface area is 119 Å². The molecule has 2 aliphatic heterocycles. The van der Waals surface area contributed by atoms with Crippen LogP contribution in [0, 0.1) is 5.41 Å². The van der Waals surface area contributed by atoms with Crippen molar-refractivity contribution < 1.29 is 24.2 Å². The van der Waals surface area contributed by atoms with Crippen molar-refractivity contribution in [2.45, 2.75) is 51.7 Å². The van der Waals surface area contributed by atoms with Gasteiger partial charge in [0.25, 0.3) is 0 Å². The molecule has 2 unspecified atom stereocenters. The van der Waals surface area contributed by atoms with Gasteiger partial charge in [0.15, 0.2) is 0 Å². The van der Waals surface area contributed by atoms with E-state index in [4.69, 9.17) is 14.6 Å². The van der Waals surface area contributed by atoms with Crippen LogP contribution in [0.4, 0.5) is 4.79 Å². The Morgan fingerprint density at radius 3 is 2.75 bits per heavy atom. The summed E-state index contributed by atoms with van der Waals surface area (Å²) in [5, 5.41) is 8.81. The molecule has 1 N–H and O–H groups in total. The van der Waals surface area contributed by atoms with Crippen LogP contribution in [0.15, 0.2) is 0 Å². The van der Waals surface area contributed by atoms with Gasteiger partial charge in [-0.05, 0) is 33.6 Å². The first-order valence-corrected chi connectivity index (χ1v) is 7.00. The molecule has 6 nitrogen and oxygen atoms in total. The lowest BCUT2D eigenvalue weighted by atomic mass is 9.84. The zero-order chi connectivity index (χ0) is 15.0. The lowest BCUT2D eigenvalue weighted by Gasteiger charge is -2.26. The Morgan fingerprint density at radius 1 is 1.45 bits per heavy atom. The van der Waals surface area contributed by atoms with Crippen molar-refractivity contribution in [2.24, 2.45) is 5.41 Å². The first-order valence-electron chi connectivity index (χ1n) is 7.00. The van der Waals surface area contributed by atoms with Gasteiger partial charge in [0.05, 0.1) is 19.1 Å². The van der Waals surface area contributed by atoms with Gasteiger partial charge in [-0.25, -0.2) is 4.79 Å². The third-order valence-electron chi connectivity index (χ3n) is 3.78. The lowest BCUT2D eigenvalue weighted by molar-refractivity contribution is -0.139. The Kier molecular flexibility index (Phi) is 3.95. The summed E-state index contributed by atoms with van der Waals surface area (Å²) >= 11 is 0. The van der Waals surface area contributed by atoms with Crippen LogP contribution in [0.2, 0.25) is 0 Å². The molecular formula is C14H23NO5. The zero-order valence-electron chi connectivity index (χ0n) is 12.3. The fourth-order valence-electron chi connectivity index (χ4n) is 2.92. The molecule has 2 heterocycles. The number of carboxylic acids is 1. The number of aliphatic carboxylic acids is 1. The van der Waals surface area contributed by atoms with Crippen LogP contribution in [-0.4, -0.2) is 53.5 Å². The van der Waals surface area contributed by atoms with E-state index in [0.29, 0.717) is 26.1 Å². The summed E-state index contributed by atoms with van der Waals surface area (Å²) in [4.78, 5) is 24.5. The predicted molar refractivity (Wildman–Crippen MR) is 71.5 cm³/mol. The highest BCUT2D eigenvalue weighted by molar-refractivity contribution is 5.69. The number of amides is 1. The van der Waals surface area contributed by atoms with E-state index in [1.807, 2.05) is 20.8 Å². The summed E-state index contributed by atoms with van der Waals surface area (Å²) in [5.41, 5.74) is -0.581. The van der Waals surface area contributed by atoms with Gasteiger partial charge in [0, 0.05) is 18.5 Å². The summed E-state index contributed by atoms with van der Waals surface area (Å²) in [5.74, 6) is -0.839. The van der Waals surface area contributed by atoms with Gasteiger partial charge in [0.1, 0.15) is 5.60 Å². The summed E-state index contributed by atoms with van der Waals surface area (Å²) in [6.07, 6.45) is 1.07. The Hall–Kier alpha value is -1.30. The van der Waals surface area contributed by atoms with Gasteiger partial charge in [-0.3, -0.25) is 4.79 Å². The third-order valence-corrected chi connectivity index (χ3v) is 3.78. The molecule has 0 radical (unpaired) electrons. The summed E-state index contributed by atoms with van der Waals surface area (Å²) < 4.78 is 10.9. The molecule has 0 aromatic heterocycles. The molecule has 0 aliphatic carbocycles. The van der Waals surface area contributed by atoms with Gasteiger partial charge in [0.2, 0.25) is 0 Å². The average Bonchev–Trinajstić information content (AvgIpc) is 2.84. The van der Waals surface area contributed by atoms with Crippen LogP contribution >= 0.6 is 0 Å². The van der Waals surface area contributed by atoms with Crippen molar-refractivity contribution in [3.05, 3.63) is 0 Å². The molecule has 20 heavy (non-hydrogen) atoms. The summed E-state index contributed by atoms with van der Waals surface area (Å²) in [6.45, 7) is 7.31. The maximum Gasteiger partial charge on any atom is 0.410 e. The number of hydrogen-bond acceptors (Lipinski definition) is 4. The smallest absolute Gasteiger partial charge is 0.410 e. The van der Waals surface area contributed by atoms with Crippen molar-refractivity contribution >= 4 is 12.1 Å². The molecule has 0 aromatic carbocycles. The topological polar surface area (TPSA) is 76.1 Å². The molecule has 2 atom stereocenters. The number of ether oxygens (including phenoxy) is 2. The summed E-state index contributed by atoms with van der Waals surface area (Å²) in [6, 6.07) is 0. The maximum atomic E-state index is 12.0. The van der Waals surface area contributed by atoms with Crippen LogP contribution in [0.25, 0.3) is 0 Å². The van der Waals surface area contributed by atoms with Gasteiger partial charge in [-0.15, -0.1) is 0 Å². The quantitative estimate of drug-likeness (QED) is 0.838. The zero-order valence-corrected chi connectivity index (χ0v) is 12.3. The maximum absolute atomic E-state index is 12.0. The average molecular weight is 285 g/mol. The van der Waals surface area contributed by atoms with E-state index in [1.54, 1.807) is 4.90 Å². The first-order chi connectivity index (χ1) is 9.19. The second-order valence-electron chi connectivity index (χ2n) is 6.89. The lowest BCUT2D eigenvalue weighted by Crippen LogP contribution is -2.37. The fourth-order valence-corrected chi connectivity index (χ4v) is 2.92. The molecule has 0 bridgehead atoms. The van der Waals surface area contributed by atoms with Crippen LogP contribution in [0.1, 0.15) is 40.0 Å². The van der Waals surface area contributed by atoms with Gasteiger partial charge in [-0.2, -0.15) is 0 Å². The minimum Gasteiger partial charge on any atom is -0.481 e. The SMILES string of the molecule is CC(C)(C)OC(=O)N1CCC2(COC(CC(=O)O)C2)C1. The number of carbonyl (C=O) groups excluding carboxylic acids is 1. The molecule has 2 saturated heterocycles. The second-order valence-corrected chi connectivity index (χ2v) is 6.89. The molecule has 2 fully saturated rings. The van der Waals surface area contributed by atoms with Gasteiger partial charge >= 0.3 is 12.1 Å². The second kappa shape index (κ2) is 5.24. The Bertz CT molecular complexity index is 403. The standard InChI is InChI=1S/C14H23NO5/c1-13(2,3)20-12(18)15-5-4-14(8-15)7-10(19-9-14)6-11(16)17/h10H,4-9H2,1-3H3,(H,16,17). The Balaban J connectivity index is 1.89. The largest absolute Gasteiger partial charge is 0.481 e. The number of nitrogens with zero attached hydrogens (tertiary/aromatic N) is 1. The number of carbonyl (C=O) groups is 2. The molecule has 2 rings (SSSR count). The van der Waals surface area contributed by atoms with E-state index in [0.717, 1.165) is 6.42 Å². The molecule has 114 valence electrons. The van der Waals surface area contributed by atoms with Crippen molar-refractivity contribution in [1.82, 2.24) is 4.90 Å². The molecule has 0 saturated carbocycles. The molecular weight excluding hydrogens is 262 g/mol. The highest BCUT2D eigenvalue weighted by Gasteiger charge is 2.47. The van der Waals surface area contributed by atoms with Gasteiger partial charge < -0.3 is 19.5 Å². The van der Waals surface area contributed by atoms with Crippen molar-refractivity contribution in [3.63, 3.8) is 0 Å². The normalized spacial score (nSPS) is 29.9. The highest BCUT2D eigenvalue weighted by atomic mass is 16.6. The third kappa shape index (κ3) is 3.62. The summed E-state index contributed by atoms with van der Waals surface area (Å²) in [7, 11) is 0. The molecule has 1 amide bonds. The van der Waals surface area contributed by atoms with E-state index < -0.39 is 11.6 Å². The van der Waals surface area contributed by atoms with Crippen LogP contribution in [-0.2, 0) is 14.3 Å². The van der Waals surface area contributed by atoms with Crippen molar-refractivity contribution in [1.29, 1.82) is 0 Å². The molecule has 6 heteroatoms. The number of carboxylic acid groups (broad SMARTS) is 1. The van der Waals surface area contributed by atoms with Crippen molar-refractivity contribution in [3.8, 4) is 0 Å². The minimum atomic E-state index is -0.839. The van der Waals surface area contributed by atoms with Crippen molar-refractivity contribution in [2.75, 3.05) is 19.7 Å².